The minimum absolute atomic E-state index is 0.525. The monoisotopic (exact) mass is 323 g/mol. The summed E-state index contributed by atoms with van der Waals surface area (Å²) in [5, 5.41) is 2.32. The highest BCUT2D eigenvalue weighted by Gasteiger charge is 2.24. The van der Waals surface area contributed by atoms with Crippen molar-refractivity contribution in [2.24, 2.45) is 5.92 Å². The normalized spacial score (nSPS) is 19.5. The molecule has 0 spiro atoms. The Morgan fingerprint density at radius 3 is 3.08 bits per heavy atom. The molecule has 1 aliphatic rings. The second-order valence-electron chi connectivity index (χ2n) is 7.34. The van der Waals surface area contributed by atoms with E-state index in [4.69, 9.17) is 0 Å². The van der Waals surface area contributed by atoms with Crippen LogP contribution in [0.3, 0.4) is 0 Å². The van der Waals surface area contributed by atoms with Crippen molar-refractivity contribution < 1.29 is 0 Å². The van der Waals surface area contributed by atoms with Crippen molar-refractivity contribution in [1.29, 1.82) is 0 Å². The van der Waals surface area contributed by atoms with Gasteiger partial charge in [-0.1, -0.05) is 13.8 Å². The molecule has 1 fully saturated rings. The van der Waals surface area contributed by atoms with Gasteiger partial charge in [-0.3, -0.25) is 0 Å². The summed E-state index contributed by atoms with van der Waals surface area (Å²) in [5.74, 6) is 1.29. The molecule has 3 aromatic rings. The molecular weight excluding hydrogens is 298 g/mol. The highest BCUT2D eigenvalue weighted by molar-refractivity contribution is 6.04. The lowest BCUT2D eigenvalue weighted by atomic mass is 9.91. The lowest BCUT2D eigenvalue weighted by Gasteiger charge is -2.33. The summed E-state index contributed by atoms with van der Waals surface area (Å²) in [5.41, 5.74) is 3.08. The van der Waals surface area contributed by atoms with E-state index in [2.05, 4.69) is 44.7 Å². The Bertz CT molecular complexity index is 838. The topological polar surface area (TPSA) is 57.7 Å². The van der Waals surface area contributed by atoms with Crippen LogP contribution in [0.4, 0.5) is 0 Å². The van der Waals surface area contributed by atoms with Crippen LogP contribution in [0.15, 0.2) is 24.8 Å². The number of aromatic nitrogens is 4. The predicted molar refractivity (Wildman–Crippen MR) is 97.1 cm³/mol. The minimum Gasteiger partial charge on any atom is -0.349 e. The summed E-state index contributed by atoms with van der Waals surface area (Å²) < 4.78 is 0. The highest BCUT2D eigenvalue weighted by atomic mass is 15.1. The Labute approximate surface area is 142 Å². The van der Waals surface area contributed by atoms with Crippen LogP contribution >= 0.6 is 0 Å². The van der Waals surface area contributed by atoms with Gasteiger partial charge in [0.05, 0.1) is 18.0 Å². The van der Waals surface area contributed by atoms with Crippen molar-refractivity contribution in [3.63, 3.8) is 0 Å². The van der Waals surface area contributed by atoms with Gasteiger partial charge in [-0.25, -0.2) is 15.0 Å². The Kier molecular flexibility index (Phi) is 4.19. The molecule has 0 aromatic carbocycles. The van der Waals surface area contributed by atoms with Gasteiger partial charge in [0.2, 0.25) is 0 Å². The van der Waals surface area contributed by atoms with Crippen LogP contribution in [0.1, 0.15) is 44.7 Å². The first-order valence-corrected chi connectivity index (χ1v) is 9.01. The molecule has 5 nitrogen and oxygen atoms in total. The molecule has 3 aromatic heterocycles. The number of nitrogens with zero attached hydrogens (tertiary/aromatic N) is 4. The van der Waals surface area contributed by atoms with Crippen LogP contribution in [-0.4, -0.2) is 44.5 Å². The maximum atomic E-state index is 4.49. The largest absolute Gasteiger partial charge is 0.349 e. The quantitative estimate of drug-likeness (QED) is 0.795. The fourth-order valence-electron chi connectivity index (χ4n) is 3.83. The summed E-state index contributed by atoms with van der Waals surface area (Å²) in [6.07, 6.45) is 9.26. The lowest BCUT2D eigenvalue weighted by Crippen LogP contribution is -2.35. The fourth-order valence-corrected chi connectivity index (χ4v) is 3.83. The first-order valence-electron chi connectivity index (χ1n) is 9.01. The van der Waals surface area contributed by atoms with Gasteiger partial charge in [-0.2, -0.15) is 0 Å². The molecule has 4 heterocycles. The van der Waals surface area contributed by atoms with Gasteiger partial charge in [0.25, 0.3) is 0 Å². The number of fused-ring (bicyclic) bond motifs is 3. The minimum atomic E-state index is 0.525. The van der Waals surface area contributed by atoms with Crippen LogP contribution in [0, 0.1) is 5.92 Å². The fraction of sp³-hybridized carbons (Fsp3) is 0.526. The van der Waals surface area contributed by atoms with Gasteiger partial charge >= 0.3 is 0 Å². The van der Waals surface area contributed by atoms with Crippen LogP contribution in [-0.2, 0) is 0 Å². The number of nitrogens with one attached hydrogen (secondary N) is 1. The Balaban J connectivity index is 1.69. The molecule has 5 heteroatoms. The number of H-pyrrole nitrogens is 1. The van der Waals surface area contributed by atoms with E-state index in [0.29, 0.717) is 5.92 Å². The third kappa shape index (κ3) is 2.88. The third-order valence-corrected chi connectivity index (χ3v) is 5.14. The van der Waals surface area contributed by atoms with Crippen molar-refractivity contribution in [3.05, 3.63) is 30.5 Å². The van der Waals surface area contributed by atoms with Crippen LogP contribution < -0.4 is 0 Å². The number of piperidine rings is 1. The molecule has 4 rings (SSSR count). The van der Waals surface area contributed by atoms with Crippen molar-refractivity contribution in [1.82, 2.24) is 24.8 Å². The Morgan fingerprint density at radius 1 is 1.29 bits per heavy atom. The maximum Gasteiger partial charge on any atom is 0.159 e. The second kappa shape index (κ2) is 6.48. The van der Waals surface area contributed by atoms with E-state index in [9.17, 15) is 0 Å². The summed E-state index contributed by atoms with van der Waals surface area (Å²) in [6, 6.07) is 2.06. The van der Waals surface area contributed by atoms with Crippen molar-refractivity contribution in [2.45, 2.75) is 39.0 Å². The maximum absolute atomic E-state index is 4.49. The molecule has 24 heavy (non-hydrogen) atoms. The smallest absolute Gasteiger partial charge is 0.159 e. The summed E-state index contributed by atoms with van der Waals surface area (Å²) in [7, 11) is 0. The van der Waals surface area contributed by atoms with Crippen LogP contribution in [0.25, 0.3) is 21.9 Å². The zero-order valence-corrected chi connectivity index (χ0v) is 14.5. The van der Waals surface area contributed by atoms with E-state index in [-0.39, 0.29) is 0 Å². The van der Waals surface area contributed by atoms with E-state index in [1.165, 1.54) is 43.4 Å². The second-order valence-corrected chi connectivity index (χ2v) is 7.34. The molecule has 0 radical (unpaired) electrons. The molecule has 1 aliphatic heterocycles. The summed E-state index contributed by atoms with van der Waals surface area (Å²) >= 11 is 0. The number of likely N-dealkylation sites (tertiary alicyclic amines) is 1. The molecule has 0 bridgehead atoms. The molecule has 1 atom stereocenters. The Morgan fingerprint density at radius 2 is 2.21 bits per heavy atom. The summed E-state index contributed by atoms with van der Waals surface area (Å²) in [4.78, 5) is 19.3. The standard InChI is InChI=1S/C19H25N5/c1-13(2)6-9-24-8-3-4-14(11-24)18-17-15-5-7-20-19(15)21-10-16(17)22-12-23-18/h5,7,10,12-14H,3-4,6,8-9,11H2,1-2H3,(H,22,23). The van der Waals surface area contributed by atoms with Crippen molar-refractivity contribution in [2.75, 3.05) is 19.6 Å². The van der Waals surface area contributed by atoms with Gasteiger partial charge in [-0.15, -0.1) is 0 Å². The first kappa shape index (κ1) is 15.5. The number of rotatable bonds is 4. The van der Waals surface area contributed by atoms with Crippen LogP contribution in [0.2, 0.25) is 0 Å². The number of aromatic amines is 1. The number of hydrogen-bond acceptors (Lipinski definition) is 4. The number of hydrogen-bond donors (Lipinski definition) is 1. The molecular formula is C19H25N5. The van der Waals surface area contributed by atoms with E-state index in [1.807, 2.05) is 18.7 Å². The zero-order valence-electron chi connectivity index (χ0n) is 14.5. The average Bonchev–Trinajstić information content (AvgIpc) is 3.08. The molecule has 1 saturated heterocycles. The lowest BCUT2D eigenvalue weighted by molar-refractivity contribution is 0.197. The third-order valence-electron chi connectivity index (χ3n) is 5.14. The zero-order chi connectivity index (χ0) is 16.5. The van der Waals surface area contributed by atoms with Crippen molar-refractivity contribution >= 4 is 21.9 Å². The van der Waals surface area contributed by atoms with E-state index in [1.54, 1.807) is 0 Å². The summed E-state index contributed by atoms with van der Waals surface area (Å²) in [6.45, 7) is 8.16. The average molecular weight is 323 g/mol. The molecule has 0 saturated carbocycles. The molecule has 126 valence electrons. The molecule has 0 aliphatic carbocycles. The predicted octanol–water partition coefficient (Wildman–Crippen LogP) is 3.73. The molecule has 0 amide bonds. The van der Waals surface area contributed by atoms with Gasteiger partial charge in [0, 0.05) is 35.1 Å². The highest BCUT2D eigenvalue weighted by Crippen LogP contribution is 2.33. The Hall–Kier alpha value is -2.01. The first-order chi connectivity index (χ1) is 11.7. The van der Waals surface area contributed by atoms with Crippen molar-refractivity contribution in [3.8, 4) is 0 Å². The van der Waals surface area contributed by atoms with Crippen LogP contribution in [0.5, 0.6) is 0 Å². The van der Waals surface area contributed by atoms with E-state index < -0.39 is 0 Å². The van der Waals surface area contributed by atoms with Gasteiger partial charge in [-0.05, 0) is 44.3 Å². The van der Waals surface area contributed by atoms with Gasteiger partial charge < -0.3 is 9.88 Å². The molecule has 1 unspecified atom stereocenters. The van der Waals surface area contributed by atoms with Gasteiger partial charge in [0.1, 0.15) is 0 Å². The molecule has 1 N–H and O–H groups in total. The van der Waals surface area contributed by atoms with E-state index >= 15 is 0 Å². The van der Waals surface area contributed by atoms with Gasteiger partial charge in [0.15, 0.2) is 5.65 Å². The van der Waals surface area contributed by atoms with E-state index in [0.717, 1.165) is 29.0 Å². The SMILES string of the molecule is CC(C)CCN1CCCC(c2[nH]cnc3cnc4nccc4c23)C1. The number of pyridine rings is 1.